The van der Waals surface area contributed by atoms with E-state index in [9.17, 15) is 9.59 Å². The minimum absolute atomic E-state index is 0.0261. The molecule has 150 valence electrons. The summed E-state index contributed by atoms with van der Waals surface area (Å²) in [5.41, 5.74) is 2.90. The molecule has 0 heterocycles. The number of aryl methyl sites for hydroxylation is 1. The normalized spacial score (nSPS) is 12.3. The molecule has 2 aromatic carbocycles. The summed E-state index contributed by atoms with van der Waals surface area (Å²) < 4.78 is 0. The van der Waals surface area contributed by atoms with Crippen molar-refractivity contribution >= 4 is 11.8 Å². The van der Waals surface area contributed by atoms with Crippen molar-refractivity contribution in [3.8, 4) is 0 Å². The fourth-order valence-corrected chi connectivity index (χ4v) is 3.12. The summed E-state index contributed by atoms with van der Waals surface area (Å²) in [6.07, 6.45) is 1.02. The predicted molar refractivity (Wildman–Crippen MR) is 114 cm³/mol. The molecular formula is C24H32N2O2. The third-order valence-corrected chi connectivity index (χ3v) is 4.75. The monoisotopic (exact) mass is 380 g/mol. The Morgan fingerprint density at radius 2 is 1.61 bits per heavy atom. The molecule has 4 nitrogen and oxygen atoms in total. The van der Waals surface area contributed by atoms with Gasteiger partial charge in [-0.3, -0.25) is 9.59 Å². The van der Waals surface area contributed by atoms with Gasteiger partial charge >= 0.3 is 0 Å². The molecule has 0 spiro atoms. The number of amides is 2. The lowest BCUT2D eigenvalue weighted by Gasteiger charge is -2.31. The van der Waals surface area contributed by atoms with E-state index in [-0.39, 0.29) is 17.4 Å². The first kappa shape index (κ1) is 21.7. The standard InChI is InChI=1S/C24H32N2O2/c1-18-11-9-10-14-21(18)17-22(27)26(16-15-20-12-7-6-8-13-20)19(2)23(28)25-24(3,4)5/h6-14,19H,15-17H2,1-5H3,(H,25,28)/t19-/m1/s1. The van der Waals surface area contributed by atoms with Gasteiger partial charge in [0.1, 0.15) is 6.04 Å². The molecule has 0 radical (unpaired) electrons. The van der Waals surface area contributed by atoms with Gasteiger partial charge in [0, 0.05) is 12.1 Å². The Labute approximate surface area is 169 Å². The van der Waals surface area contributed by atoms with E-state index in [2.05, 4.69) is 5.32 Å². The lowest BCUT2D eigenvalue weighted by molar-refractivity contribution is -0.140. The summed E-state index contributed by atoms with van der Waals surface area (Å²) in [4.78, 5) is 27.6. The number of rotatable bonds is 7. The maximum Gasteiger partial charge on any atom is 0.242 e. The molecule has 0 aliphatic carbocycles. The second-order valence-corrected chi connectivity index (χ2v) is 8.34. The number of hydrogen-bond donors (Lipinski definition) is 1. The summed E-state index contributed by atoms with van der Waals surface area (Å²) in [5.74, 6) is -0.152. The number of carbonyl (C=O) groups excluding carboxylic acids is 2. The van der Waals surface area contributed by atoms with E-state index >= 15 is 0 Å². The highest BCUT2D eigenvalue weighted by atomic mass is 16.2. The molecule has 0 bridgehead atoms. The first-order valence-electron chi connectivity index (χ1n) is 9.87. The molecule has 2 rings (SSSR count). The van der Waals surface area contributed by atoms with Crippen LogP contribution in [0.25, 0.3) is 0 Å². The fourth-order valence-electron chi connectivity index (χ4n) is 3.12. The van der Waals surface area contributed by atoms with Crippen LogP contribution in [0, 0.1) is 6.92 Å². The molecule has 28 heavy (non-hydrogen) atoms. The van der Waals surface area contributed by atoms with Crippen LogP contribution < -0.4 is 5.32 Å². The van der Waals surface area contributed by atoms with Gasteiger partial charge in [0.25, 0.3) is 0 Å². The van der Waals surface area contributed by atoms with Crippen molar-refractivity contribution in [1.82, 2.24) is 10.2 Å². The molecule has 0 fully saturated rings. The number of nitrogens with one attached hydrogen (secondary N) is 1. The van der Waals surface area contributed by atoms with Crippen LogP contribution in [-0.2, 0) is 22.4 Å². The van der Waals surface area contributed by atoms with Crippen molar-refractivity contribution in [2.45, 2.75) is 59.0 Å². The van der Waals surface area contributed by atoms with Crippen molar-refractivity contribution < 1.29 is 9.59 Å². The molecule has 2 aromatic rings. The van der Waals surface area contributed by atoms with Gasteiger partial charge in [0.05, 0.1) is 6.42 Å². The van der Waals surface area contributed by atoms with E-state index in [4.69, 9.17) is 0 Å². The highest BCUT2D eigenvalue weighted by Gasteiger charge is 2.28. The van der Waals surface area contributed by atoms with E-state index < -0.39 is 6.04 Å². The fraction of sp³-hybridized carbons (Fsp3) is 0.417. The number of carbonyl (C=O) groups is 2. The van der Waals surface area contributed by atoms with Gasteiger partial charge in [0.2, 0.25) is 11.8 Å². The van der Waals surface area contributed by atoms with Crippen LogP contribution in [0.5, 0.6) is 0 Å². The molecule has 2 amide bonds. The zero-order valence-corrected chi connectivity index (χ0v) is 17.7. The molecule has 0 aliphatic rings. The Balaban J connectivity index is 2.17. The maximum atomic E-state index is 13.1. The molecule has 0 aliphatic heterocycles. The summed E-state index contributed by atoms with van der Waals surface area (Å²) in [5, 5.41) is 2.99. The predicted octanol–water partition coefficient (Wildman–Crippen LogP) is 3.91. The van der Waals surface area contributed by atoms with Crippen molar-refractivity contribution in [2.75, 3.05) is 6.54 Å². The van der Waals surface area contributed by atoms with E-state index in [1.165, 1.54) is 0 Å². The largest absolute Gasteiger partial charge is 0.350 e. The lowest BCUT2D eigenvalue weighted by atomic mass is 10.0. The molecule has 0 unspecified atom stereocenters. The average Bonchev–Trinajstić information content (AvgIpc) is 2.63. The number of hydrogen-bond acceptors (Lipinski definition) is 2. The van der Waals surface area contributed by atoms with E-state index in [1.807, 2.05) is 89.2 Å². The molecule has 1 atom stereocenters. The molecule has 0 saturated carbocycles. The highest BCUT2D eigenvalue weighted by molar-refractivity contribution is 5.88. The Bertz CT molecular complexity index is 794. The van der Waals surface area contributed by atoms with Gasteiger partial charge in [-0.25, -0.2) is 0 Å². The Morgan fingerprint density at radius 1 is 1.00 bits per heavy atom. The first-order valence-corrected chi connectivity index (χ1v) is 9.87. The van der Waals surface area contributed by atoms with Gasteiger partial charge in [-0.2, -0.15) is 0 Å². The summed E-state index contributed by atoms with van der Waals surface area (Å²) in [7, 11) is 0. The van der Waals surface area contributed by atoms with Gasteiger partial charge < -0.3 is 10.2 Å². The Morgan fingerprint density at radius 3 is 2.21 bits per heavy atom. The third kappa shape index (κ3) is 6.52. The molecule has 0 aromatic heterocycles. The number of nitrogens with zero attached hydrogens (tertiary/aromatic N) is 1. The van der Waals surface area contributed by atoms with Crippen LogP contribution in [0.1, 0.15) is 44.4 Å². The van der Waals surface area contributed by atoms with E-state index in [1.54, 1.807) is 4.90 Å². The Hall–Kier alpha value is -2.62. The van der Waals surface area contributed by atoms with Crippen LogP contribution >= 0.6 is 0 Å². The van der Waals surface area contributed by atoms with Crippen LogP contribution in [0.15, 0.2) is 54.6 Å². The topological polar surface area (TPSA) is 49.4 Å². The Kier molecular flexibility index (Phi) is 7.38. The minimum Gasteiger partial charge on any atom is -0.350 e. The number of benzene rings is 2. The summed E-state index contributed by atoms with van der Waals surface area (Å²) >= 11 is 0. The van der Waals surface area contributed by atoms with Crippen LogP contribution in [0.4, 0.5) is 0 Å². The average molecular weight is 381 g/mol. The maximum absolute atomic E-state index is 13.1. The second-order valence-electron chi connectivity index (χ2n) is 8.34. The molecule has 0 saturated heterocycles. The third-order valence-electron chi connectivity index (χ3n) is 4.75. The molecule has 1 N–H and O–H groups in total. The summed E-state index contributed by atoms with van der Waals surface area (Å²) in [6, 6.07) is 17.4. The van der Waals surface area contributed by atoms with E-state index in [0.29, 0.717) is 19.4 Å². The zero-order valence-electron chi connectivity index (χ0n) is 17.7. The van der Waals surface area contributed by atoms with Crippen molar-refractivity contribution in [3.63, 3.8) is 0 Å². The van der Waals surface area contributed by atoms with Crippen LogP contribution in [0.2, 0.25) is 0 Å². The SMILES string of the molecule is Cc1ccccc1CC(=O)N(CCc1ccccc1)[C@H](C)C(=O)NC(C)(C)C. The zero-order chi connectivity index (χ0) is 20.7. The molecular weight excluding hydrogens is 348 g/mol. The first-order chi connectivity index (χ1) is 13.2. The van der Waals surface area contributed by atoms with Gasteiger partial charge in [-0.05, 0) is 57.7 Å². The summed E-state index contributed by atoms with van der Waals surface area (Å²) in [6.45, 7) is 10.2. The van der Waals surface area contributed by atoms with Gasteiger partial charge in [0.15, 0.2) is 0 Å². The second kappa shape index (κ2) is 9.54. The van der Waals surface area contributed by atoms with Gasteiger partial charge in [-0.1, -0.05) is 54.6 Å². The quantitative estimate of drug-likeness (QED) is 0.792. The van der Waals surface area contributed by atoms with Crippen molar-refractivity contribution in [1.29, 1.82) is 0 Å². The van der Waals surface area contributed by atoms with Crippen LogP contribution in [0.3, 0.4) is 0 Å². The van der Waals surface area contributed by atoms with Crippen molar-refractivity contribution in [3.05, 3.63) is 71.3 Å². The van der Waals surface area contributed by atoms with E-state index in [0.717, 1.165) is 16.7 Å². The van der Waals surface area contributed by atoms with Crippen LogP contribution in [-0.4, -0.2) is 34.8 Å². The highest BCUT2D eigenvalue weighted by Crippen LogP contribution is 2.13. The van der Waals surface area contributed by atoms with Crippen molar-refractivity contribution in [2.24, 2.45) is 0 Å². The lowest BCUT2D eigenvalue weighted by Crippen LogP contribution is -2.53. The van der Waals surface area contributed by atoms with Gasteiger partial charge in [-0.15, -0.1) is 0 Å². The smallest absolute Gasteiger partial charge is 0.242 e. The molecule has 4 heteroatoms. The minimum atomic E-state index is -0.528.